The fourth-order valence-corrected chi connectivity index (χ4v) is 1.91. The summed E-state index contributed by atoms with van der Waals surface area (Å²) in [5, 5.41) is 0. The number of nitrogens with two attached hydrogens (primary N) is 1. The fraction of sp³-hybridized carbons (Fsp3) is 0.900. The minimum Gasteiger partial charge on any atom is -0.343 e. The van der Waals surface area contributed by atoms with Gasteiger partial charge in [0, 0.05) is 26.1 Å². The normalized spacial score (nSPS) is 18.6. The van der Waals surface area contributed by atoms with Crippen LogP contribution in [-0.2, 0) is 4.79 Å². The number of alkyl halides is 1. The van der Waals surface area contributed by atoms with Crippen molar-refractivity contribution in [1.29, 1.82) is 0 Å². The van der Waals surface area contributed by atoms with Crippen LogP contribution in [0.1, 0.15) is 25.7 Å². The molecule has 1 amide bonds. The van der Waals surface area contributed by atoms with E-state index in [-0.39, 0.29) is 12.6 Å². The molecule has 14 heavy (non-hydrogen) atoms. The Labute approximate surface area is 84.4 Å². The van der Waals surface area contributed by atoms with Crippen LogP contribution < -0.4 is 5.73 Å². The predicted octanol–water partition coefficient (Wildman–Crippen LogP) is 0.933. The molecule has 2 N–H and O–H groups in total. The van der Waals surface area contributed by atoms with Crippen molar-refractivity contribution in [2.45, 2.75) is 25.7 Å². The van der Waals surface area contributed by atoms with E-state index in [0.717, 1.165) is 25.9 Å². The largest absolute Gasteiger partial charge is 0.343 e. The SMILES string of the molecule is NCCC(=O)N1CCC(CCF)CC1. The number of hydrogen-bond donors (Lipinski definition) is 1. The van der Waals surface area contributed by atoms with Gasteiger partial charge in [0.05, 0.1) is 6.67 Å². The van der Waals surface area contributed by atoms with E-state index in [1.54, 1.807) is 0 Å². The zero-order valence-corrected chi connectivity index (χ0v) is 8.54. The zero-order chi connectivity index (χ0) is 10.4. The van der Waals surface area contributed by atoms with E-state index in [1.807, 2.05) is 4.90 Å². The highest BCUT2D eigenvalue weighted by molar-refractivity contribution is 5.76. The van der Waals surface area contributed by atoms with Crippen LogP contribution in [0, 0.1) is 5.92 Å². The number of rotatable bonds is 4. The maximum Gasteiger partial charge on any atom is 0.223 e. The van der Waals surface area contributed by atoms with Gasteiger partial charge in [0.2, 0.25) is 5.91 Å². The lowest BCUT2D eigenvalue weighted by Crippen LogP contribution is -2.39. The van der Waals surface area contributed by atoms with Crippen molar-refractivity contribution in [1.82, 2.24) is 4.90 Å². The molecule has 1 rings (SSSR count). The van der Waals surface area contributed by atoms with Crippen molar-refractivity contribution in [3.05, 3.63) is 0 Å². The fourth-order valence-electron chi connectivity index (χ4n) is 1.91. The smallest absolute Gasteiger partial charge is 0.223 e. The highest BCUT2D eigenvalue weighted by atomic mass is 19.1. The maximum absolute atomic E-state index is 12.1. The monoisotopic (exact) mass is 202 g/mol. The molecule has 0 spiro atoms. The van der Waals surface area contributed by atoms with Gasteiger partial charge in [-0.3, -0.25) is 9.18 Å². The van der Waals surface area contributed by atoms with Gasteiger partial charge in [-0.05, 0) is 25.2 Å². The van der Waals surface area contributed by atoms with Crippen molar-refractivity contribution in [3.63, 3.8) is 0 Å². The molecular weight excluding hydrogens is 183 g/mol. The van der Waals surface area contributed by atoms with Crippen LogP contribution in [-0.4, -0.2) is 37.1 Å². The van der Waals surface area contributed by atoms with Crippen molar-refractivity contribution < 1.29 is 9.18 Å². The van der Waals surface area contributed by atoms with Gasteiger partial charge in [-0.25, -0.2) is 0 Å². The third-order valence-electron chi connectivity index (χ3n) is 2.84. The van der Waals surface area contributed by atoms with Gasteiger partial charge in [0.1, 0.15) is 0 Å². The van der Waals surface area contributed by atoms with Crippen LogP contribution in [0.2, 0.25) is 0 Å². The lowest BCUT2D eigenvalue weighted by atomic mass is 9.94. The molecule has 1 aliphatic rings. The highest BCUT2D eigenvalue weighted by Crippen LogP contribution is 2.20. The number of likely N-dealkylation sites (tertiary alicyclic amines) is 1. The number of carbonyl (C=O) groups is 1. The van der Waals surface area contributed by atoms with E-state index < -0.39 is 0 Å². The molecule has 0 radical (unpaired) electrons. The molecule has 0 unspecified atom stereocenters. The second-order valence-corrected chi connectivity index (χ2v) is 3.84. The Kier molecular flexibility index (Phi) is 4.87. The van der Waals surface area contributed by atoms with Gasteiger partial charge in [-0.15, -0.1) is 0 Å². The van der Waals surface area contributed by atoms with E-state index in [9.17, 15) is 9.18 Å². The van der Waals surface area contributed by atoms with Gasteiger partial charge in [-0.1, -0.05) is 0 Å². The van der Waals surface area contributed by atoms with Crippen LogP contribution in [0.5, 0.6) is 0 Å². The first-order chi connectivity index (χ1) is 6.77. The Morgan fingerprint density at radius 2 is 2.07 bits per heavy atom. The van der Waals surface area contributed by atoms with E-state index >= 15 is 0 Å². The third kappa shape index (κ3) is 3.25. The van der Waals surface area contributed by atoms with Crippen LogP contribution in [0.4, 0.5) is 4.39 Å². The van der Waals surface area contributed by atoms with Gasteiger partial charge in [0.25, 0.3) is 0 Å². The van der Waals surface area contributed by atoms with Crippen LogP contribution in [0.25, 0.3) is 0 Å². The summed E-state index contributed by atoms with van der Waals surface area (Å²) in [6.45, 7) is 1.75. The van der Waals surface area contributed by atoms with Gasteiger partial charge in [-0.2, -0.15) is 0 Å². The Morgan fingerprint density at radius 1 is 1.43 bits per heavy atom. The van der Waals surface area contributed by atoms with Crippen molar-refractivity contribution in [2.24, 2.45) is 11.7 Å². The molecule has 0 bridgehead atoms. The van der Waals surface area contributed by atoms with Gasteiger partial charge in [0.15, 0.2) is 0 Å². The summed E-state index contributed by atoms with van der Waals surface area (Å²) < 4.78 is 12.1. The van der Waals surface area contributed by atoms with Crippen LogP contribution in [0.3, 0.4) is 0 Å². The second kappa shape index (κ2) is 5.96. The third-order valence-corrected chi connectivity index (χ3v) is 2.84. The molecular formula is C10H19FN2O. The predicted molar refractivity (Wildman–Crippen MR) is 53.6 cm³/mol. The Bertz CT molecular complexity index is 179. The van der Waals surface area contributed by atoms with Gasteiger partial charge < -0.3 is 10.6 Å². The molecule has 1 fully saturated rings. The number of halogens is 1. The minimum absolute atomic E-state index is 0.145. The first-order valence-electron chi connectivity index (χ1n) is 5.31. The quantitative estimate of drug-likeness (QED) is 0.737. The maximum atomic E-state index is 12.1. The molecule has 1 saturated heterocycles. The molecule has 0 aromatic rings. The highest BCUT2D eigenvalue weighted by Gasteiger charge is 2.21. The van der Waals surface area contributed by atoms with Crippen molar-refractivity contribution >= 4 is 5.91 Å². The second-order valence-electron chi connectivity index (χ2n) is 3.84. The molecule has 0 atom stereocenters. The molecule has 0 aromatic carbocycles. The summed E-state index contributed by atoms with van der Waals surface area (Å²) in [6, 6.07) is 0. The molecule has 82 valence electrons. The average Bonchev–Trinajstić information content (AvgIpc) is 2.20. The summed E-state index contributed by atoms with van der Waals surface area (Å²) >= 11 is 0. The van der Waals surface area contributed by atoms with Crippen LogP contribution in [0.15, 0.2) is 0 Å². The molecule has 0 saturated carbocycles. The summed E-state index contributed by atoms with van der Waals surface area (Å²) in [5.41, 5.74) is 5.31. The summed E-state index contributed by atoms with van der Waals surface area (Å²) in [7, 11) is 0. The van der Waals surface area contributed by atoms with Crippen molar-refractivity contribution in [2.75, 3.05) is 26.3 Å². The first kappa shape index (κ1) is 11.4. The summed E-state index contributed by atoms with van der Waals surface area (Å²) in [4.78, 5) is 13.3. The molecule has 0 aliphatic carbocycles. The summed E-state index contributed by atoms with van der Waals surface area (Å²) in [6.07, 6.45) is 2.98. The zero-order valence-electron chi connectivity index (χ0n) is 8.54. The number of carbonyl (C=O) groups excluding carboxylic acids is 1. The molecule has 1 heterocycles. The van der Waals surface area contributed by atoms with E-state index in [1.165, 1.54) is 0 Å². The molecule has 3 nitrogen and oxygen atoms in total. The molecule has 4 heteroatoms. The first-order valence-corrected chi connectivity index (χ1v) is 5.31. The average molecular weight is 202 g/mol. The topological polar surface area (TPSA) is 46.3 Å². The number of piperidine rings is 1. The molecule has 0 aromatic heterocycles. The van der Waals surface area contributed by atoms with Gasteiger partial charge >= 0.3 is 0 Å². The lowest BCUT2D eigenvalue weighted by Gasteiger charge is -2.31. The minimum atomic E-state index is -0.235. The van der Waals surface area contributed by atoms with Crippen molar-refractivity contribution in [3.8, 4) is 0 Å². The lowest BCUT2D eigenvalue weighted by molar-refractivity contribution is -0.132. The van der Waals surface area contributed by atoms with E-state index in [0.29, 0.717) is 25.3 Å². The Balaban J connectivity index is 2.24. The van der Waals surface area contributed by atoms with E-state index in [4.69, 9.17) is 5.73 Å². The Morgan fingerprint density at radius 3 is 2.57 bits per heavy atom. The van der Waals surface area contributed by atoms with E-state index in [2.05, 4.69) is 0 Å². The number of nitrogens with zero attached hydrogens (tertiary/aromatic N) is 1. The standard InChI is InChI=1S/C10H19FN2O/c11-5-1-9-3-7-13(8-4-9)10(14)2-6-12/h9H,1-8,12H2. The Hall–Kier alpha value is -0.640. The summed E-state index contributed by atoms with van der Waals surface area (Å²) in [5.74, 6) is 0.619. The number of amides is 1. The molecule has 1 aliphatic heterocycles. The number of hydrogen-bond acceptors (Lipinski definition) is 2. The van der Waals surface area contributed by atoms with Crippen LogP contribution >= 0.6 is 0 Å².